The van der Waals surface area contributed by atoms with Crippen LogP contribution in [-0.4, -0.2) is 21.8 Å². The maximum atomic E-state index is 12.1. The lowest BCUT2D eigenvalue weighted by molar-refractivity contribution is -0.135. The summed E-state index contributed by atoms with van der Waals surface area (Å²) in [6.07, 6.45) is 4.60. The van der Waals surface area contributed by atoms with Crippen LogP contribution in [0.2, 0.25) is 0 Å². The highest BCUT2D eigenvalue weighted by molar-refractivity contribution is 5.27. The lowest BCUT2D eigenvalue weighted by Gasteiger charge is -2.23. The second-order valence-corrected chi connectivity index (χ2v) is 5.14. The molecule has 6 heteroatoms. The smallest absolute Gasteiger partial charge is 0.353 e. The SMILES string of the molecule is FC(F)(F)CCCn1ccnc1NC1CCCCC1. The molecule has 3 nitrogen and oxygen atoms in total. The fraction of sp³-hybridized carbons (Fsp3) is 0.769. The van der Waals surface area contributed by atoms with Gasteiger partial charge in [0.25, 0.3) is 0 Å². The quantitative estimate of drug-likeness (QED) is 0.881. The third-order valence-corrected chi connectivity index (χ3v) is 3.51. The van der Waals surface area contributed by atoms with Gasteiger partial charge in [-0.25, -0.2) is 4.98 Å². The first-order valence-corrected chi connectivity index (χ1v) is 6.89. The summed E-state index contributed by atoms with van der Waals surface area (Å²) in [5.41, 5.74) is 0. The Balaban J connectivity index is 1.83. The molecular weight excluding hydrogens is 255 g/mol. The van der Waals surface area contributed by atoms with Crippen molar-refractivity contribution >= 4 is 5.95 Å². The molecule has 1 aliphatic rings. The average Bonchev–Trinajstić information content (AvgIpc) is 2.76. The van der Waals surface area contributed by atoms with Crippen molar-refractivity contribution in [3.05, 3.63) is 12.4 Å². The van der Waals surface area contributed by atoms with Crippen molar-refractivity contribution in [3.8, 4) is 0 Å². The summed E-state index contributed by atoms with van der Waals surface area (Å²) in [6, 6.07) is 0.414. The summed E-state index contributed by atoms with van der Waals surface area (Å²) < 4.78 is 38.1. The van der Waals surface area contributed by atoms with Gasteiger partial charge in [0, 0.05) is 31.4 Å². The minimum absolute atomic E-state index is 0.0964. The molecule has 1 aliphatic carbocycles. The summed E-state index contributed by atoms with van der Waals surface area (Å²) in [6.45, 7) is 0.356. The van der Waals surface area contributed by atoms with Crippen molar-refractivity contribution in [2.75, 3.05) is 5.32 Å². The first-order valence-electron chi connectivity index (χ1n) is 6.89. The van der Waals surface area contributed by atoms with Crippen molar-refractivity contribution in [1.29, 1.82) is 0 Å². The van der Waals surface area contributed by atoms with E-state index in [4.69, 9.17) is 0 Å². The largest absolute Gasteiger partial charge is 0.389 e. The van der Waals surface area contributed by atoms with Crippen LogP contribution in [0.4, 0.5) is 19.1 Å². The molecule has 1 heterocycles. The van der Waals surface area contributed by atoms with Gasteiger partial charge in [0.15, 0.2) is 0 Å². The predicted molar refractivity (Wildman–Crippen MR) is 68.0 cm³/mol. The third kappa shape index (κ3) is 4.76. The normalized spacial score (nSPS) is 17.6. The van der Waals surface area contributed by atoms with E-state index in [-0.39, 0.29) is 6.42 Å². The molecule has 0 radical (unpaired) electrons. The van der Waals surface area contributed by atoms with E-state index >= 15 is 0 Å². The lowest BCUT2D eigenvalue weighted by atomic mass is 9.96. The van der Waals surface area contributed by atoms with Crippen molar-refractivity contribution in [3.63, 3.8) is 0 Å². The van der Waals surface area contributed by atoms with E-state index in [0.717, 1.165) is 12.8 Å². The highest BCUT2D eigenvalue weighted by Gasteiger charge is 2.26. The predicted octanol–water partition coefficient (Wildman–Crippen LogP) is 3.97. The number of hydrogen-bond donors (Lipinski definition) is 1. The number of aromatic nitrogens is 2. The van der Waals surface area contributed by atoms with Gasteiger partial charge in [0.2, 0.25) is 5.95 Å². The molecule has 1 fully saturated rings. The van der Waals surface area contributed by atoms with Crippen molar-refractivity contribution in [2.45, 2.75) is 63.7 Å². The number of alkyl halides is 3. The van der Waals surface area contributed by atoms with Gasteiger partial charge in [-0.2, -0.15) is 13.2 Å². The van der Waals surface area contributed by atoms with E-state index in [9.17, 15) is 13.2 Å². The average molecular weight is 275 g/mol. The van der Waals surface area contributed by atoms with E-state index in [0.29, 0.717) is 18.5 Å². The van der Waals surface area contributed by atoms with Gasteiger partial charge < -0.3 is 9.88 Å². The molecule has 0 aliphatic heterocycles. The number of nitrogens with zero attached hydrogens (tertiary/aromatic N) is 2. The van der Waals surface area contributed by atoms with Crippen LogP contribution in [0.25, 0.3) is 0 Å². The maximum Gasteiger partial charge on any atom is 0.389 e. The number of anilines is 1. The lowest BCUT2D eigenvalue weighted by Crippen LogP contribution is -2.24. The Kier molecular flexibility index (Phi) is 4.71. The van der Waals surface area contributed by atoms with Crippen LogP contribution in [0, 0.1) is 0 Å². The third-order valence-electron chi connectivity index (χ3n) is 3.51. The van der Waals surface area contributed by atoms with Crippen LogP contribution in [-0.2, 0) is 6.54 Å². The van der Waals surface area contributed by atoms with E-state index < -0.39 is 12.6 Å². The standard InChI is InChI=1S/C13H20F3N3/c14-13(15,16)7-4-9-19-10-8-17-12(19)18-11-5-2-1-3-6-11/h8,10-11H,1-7,9H2,(H,17,18). The molecule has 108 valence electrons. The minimum atomic E-state index is -4.07. The minimum Gasteiger partial charge on any atom is -0.353 e. The van der Waals surface area contributed by atoms with Gasteiger partial charge in [-0.3, -0.25) is 0 Å². The number of hydrogen-bond acceptors (Lipinski definition) is 2. The Hall–Kier alpha value is -1.20. The Bertz CT molecular complexity index is 381. The molecule has 0 unspecified atom stereocenters. The number of aryl methyl sites for hydroxylation is 1. The molecule has 2 rings (SSSR count). The van der Waals surface area contributed by atoms with Gasteiger partial charge >= 0.3 is 6.18 Å². The highest BCUT2D eigenvalue weighted by Crippen LogP contribution is 2.23. The van der Waals surface area contributed by atoms with E-state index in [1.807, 2.05) is 0 Å². The molecule has 0 spiro atoms. The molecule has 0 aromatic carbocycles. The monoisotopic (exact) mass is 275 g/mol. The van der Waals surface area contributed by atoms with Crippen LogP contribution in [0.5, 0.6) is 0 Å². The molecule has 19 heavy (non-hydrogen) atoms. The van der Waals surface area contributed by atoms with Crippen molar-refractivity contribution in [2.24, 2.45) is 0 Å². The zero-order valence-electron chi connectivity index (χ0n) is 10.9. The van der Waals surface area contributed by atoms with Gasteiger partial charge in [-0.15, -0.1) is 0 Å². The van der Waals surface area contributed by atoms with Gasteiger partial charge in [0.1, 0.15) is 0 Å². The molecule has 0 saturated heterocycles. The van der Waals surface area contributed by atoms with Crippen LogP contribution in [0.1, 0.15) is 44.9 Å². The van der Waals surface area contributed by atoms with Crippen molar-refractivity contribution in [1.82, 2.24) is 9.55 Å². The Morgan fingerprint density at radius 1 is 1.26 bits per heavy atom. The molecule has 0 bridgehead atoms. The molecule has 1 aromatic rings. The van der Waals surface area contributed by atoms with E-state index in [2.05, 4.69) is 10.3 Å². The first kappa shape index (κ1) is 14.2. The van der Waals surface area contributed by atoms with E-state index in [1.54, 1.807) is 17.0 Å². The Morgan fingerprint density at radius 2 is 2.00 bits per heavy atom. The van der Waals surface area contributed by atoms with Crippen LogP contribution in [0.3, 0.4) is 0 Å². The molecular formula is C13H20F3N3. The number of rotatable bonds is 5. The second-order valence-electron chi connectivity index (χ2n) is 5.14. The summed E-state index contributed by atoms with van der Waals surface area (Å²) in [7, 11) is 0. The summed E-state index contributed by atoms with van der Waals surface area (Å²) in [5.74, 6) is 0.703. The van der Waals surface area contributed by atoms with Crippen molar-refractivity contribution < 1.29 is 13.2 Å². The highest BCUT2D eigenvalue weighted by atomic mass is 19.4. The van der Waals surface area contributed by atoms with Gasteiger partial charge in [-0.1, -0.05) is 19.3 Å². The Morgan fingerprint density at radius 3 is 2.68 bits per heavy atom. The van der Waals surface area contributed by atoms with Gasteiger partial charge in [0.05, 0.1) is 0 Å². The topological polar surface area (TPSA) is 29.9 Å². The Labute approximate surface area is 111 Å². The molecule has 1 saturated carbocycles. The van der Waals surface area contributed by atoms with E-state index in [1.165, 1.54) is 19.3 Å². The number of imidazole rings is 1. The molecule has 0 atom stereocenters. The first-order chi connectivity index (χ1) is 9.04. The summed E-state index contributed by atoms with van der Waals surface area (Å²) in [5, 5.41) is 3.35. The maximum absolute atomic E-state index is 12.1. The van der Waals surface area contributed by atoms with Gasteiger partial charge in [-0.05, 0) is 19.3 Å². The number of nitrogens with one attached hydrogen (secondary N) is 1. The summed E-state index contributed by atoms with van der Waals surface area (Å²) >= 11 is 0. The fourth-order valence-electron chi connectivity index (χ4n) is 2.51. The fourth-order valence-corrected chi connectivity index (χ4v) is 2.51. The number of halogens is 3. The zero-order chi connectivity index (χ0) is 13.7. The van der Waals surface area contributed by atoms with Crippen LogP contribution in [0.15, 0.2) is 12.4 Å². The molecule has 1 N–H and O–H groups in total. The summed E-state index contributed by atoms with van der Waals surface area (Å²) in [4.78, 5) is 4.20. The second kappa shape index (κ2) is 6.30. The zero-order valence-corrected chi connectivity index (χ0v) is 10.9. The molecule has 1 aromatic heterocycles. The molecule has 0 amide bonds. The van der Waals surface area contributed by atoms with Crippen LogP contribution >= 0.6 is 0 Å². The van der Waals surface area contributed by atoms with Crippen LogP contribution < -0.4 is 5.32 Å².